The van der Waals surface area contributed by atoms with E-state index >= 15 is 0 Å². The van der Waals surface area contributed by atoms with Gasteiger partial charge in [0.05, 0.1) is 6.61 Å². The van der Waals surface area contributed by atoms with Crippen molar-refractivity contribution in [1.29, 1.82) is 0 Å². The molecule has 3 N–H and O–H groups in total. The number of nitrogens with one attached hydrogen (secondary N) is 2. The molecule has 0 aliphatic carbocycles. The molecule has 1 rings (SSSR count). The molecule has 1 aromatic heterocycles. The molecule has 0 fully saturated rings. The third-order valence-corrected chi connectivity index (χ3v) is 1.30. The second-order valence-electron chi connectivity index (χ2n) is 2.40. The van der Waals surface area contributed by atoms with Crippen molar-refractivity contribution in [3.63, 3.8) is 0 Å². The highest BCUT2D eigenvalue weighted by molar-refractivity contribution is 5.34. The van der Waals surface area contributed by atoms with Crippen LogP contribution in [0.15, 0.2) is 10.9 Å². The number of aromatic amines is 1. The number of aromatic nitrogens is 2. The van der Waals surface area contributed by atoms with Gasteiger partial charge in [-0.15, -0.1) is 0 Å². The Morgan fingerprint density at radius 3 is 3.08 bits per heavy atom. The molecule has 5 heteroatoms. The fraction of sp³-hybridized carbons (Fsp3) is 0.429. The first-order chi connectivity index (χ1) is 5.72. The lowest BCUT2D eigenvalue weighted by Gasteiger charge is -2.02. The maximum absolute atomic E-state index is 10.8. The van der Waals surface area contributed by atoms with Crippen LogP contribution in [0, 0.1) is 6.92 Å². The van der Waals surface area contributed by atoms with E-state index in [1.165, 1.54) is 0 Å². The van der Waals surface area contributed by atoms with Crippen LogP contribution < -0.4 is 11.0 Å². The predicted octanol–water partition coefficient (Wildman–Crippen LogP) is -0.517. The van der Waals surface area contributed by atoms with Crippen LogP contribution in [0.4, 0.5) is 5.82 Å². The van der Waals surface area contributed by atoms with E-state index < -0.39 is 0 Å². The zero-order chi connectivity index (χ0) is 8.97. The van der Waals surface area contributed by atoms with Gasteiger partial charge in [-0.25, -0.2) is 4.79 Å². The van der Waals surface area contributed by atoms with Gasteiger partial charge in [0.2, 0.25) is 0 Å². The van der Waals surface area contributed by atoms with Crippen LogP contribution in [-0.4, -0.2) is 28.2 Å². The summed E-state index contributed by atoms with van der Waals surface area (Å²) < 4.78 is 0. The lowest BCUT2D eigenvalue weighted by Crippen LogP contribution is -2.16. The van der Waals surface area contributed by atoms with Crippen molar-refractivity contribution in [3.05, 3.63) is 22.2 Å². The second-order valence-corrected chi connectivity index (χ2v) is 2.40. The van der Waals surface area contributed by atoms with Gasteiger partial charge in [-0.3, -0.25) is 0 Å². The molecule has 1 aromatic rings. The molecule has 0 saturated carbocycles. The van der Waals surface area contributed by atoms with Crippen molar-refractivity contribution >= 4 is 5.82 Å². The fourth-order valence-electron chi connectivity index (χ4n) is 0.854. The number of rotatable bonds is 3. The standard InChI is InChI=1S/C7H11N3O2/c1-5-4-6(8-2-3-11)10-7(12)9-5/h4,11H,2-3H2,1H3,(H2,8,9,10,12). The van der Waals surface area contributed by atoms with E-state index in [1.807, 2.05) is 0 Å². The molecule has 0 atom stereocenters. The third kappa shape index (κ3) is 2.35. The lowest BCUT2D eigenvalue weighted by molar-refractivity contribution is 0.311. The first-order valence-corrected chi connectivity index (χ1v) is 3.65. The van der Waals surface area contributed by atoms with Crippen molar-refractivity contribution in [3.8, 4) is 0 Å². The van der Waals surface area contributed by atoms with E-state index in [9.17, 15) is 4.79 Å². The maximum atomic E-state index is 10.8. The number of aliphatic hydroxyl groups excluding tert-OH is 1. The smallest absolute Gasteiger partial charge is 0.347 e. The molecular weight excluding hydrogens is 158 g/mol. The van der Waals surface area contributed by atoms with Gasteiger partial charge in [0, 0.05) is 12.2 Å². The SMILES string of the molecule is Cc1cc(NCCO)nc(=O)[nH]1. The van der Waals surface area contributed by atoms with E-state index in [4.69, 9.17) is 5.11 Å². The Morgan fingerprint density at radius 1 is 1.75 bits per heavy atom. The highest BCUT2D eigenvalue weighted by atomic mass is 16.3. The van der Waals surface area contributed by atoms with Crippen molar-refractivity contribution in [2.24, 2.45) is 0 Å². The summed E-state index contributed by atoms with van der Waals surface area (Å²) >= 11 is 0. The van der Waals surface area contributed by atoms with E-state index in [1.54, 1.807) is 13.0 Å². The van der Waals surface area contributed by atoms with Crippen LogP contribution in [-0.2, 0) is 0 Å². The molecular formula is C7H11N3O2. The highest BCUT2D eigenvalue weighted by Gasteiger charge is 1.95. The van der Waals surface area contributed by atoms with Gasteiger partial charge in [-0.05, 0) is 13.0 Å². The van der Waals surface area contributed by atoms with Crippen LogP contribution in [0.3, 0.4) is 0 Å². The van der Waals surface area contributed by atoms with Crippen molar-refractivity contribution in [1.82, 2.24) is 9.97 Å². The number of hydrogen-bond donors (Lipinski definition) is 3. The molecule has 0 aliphatic rings. The minimum Gasteiger partial charge on any atom is -0.395 e. The second kappa shape index (κ2) is 3.87. The van der Waals surface area contributed by atoms with Crippen LogP contribution in [0.1, 0.15) is 5.69 Å². The minimum atomic E-state index is -0.379. The zero-order valence-corrected chi connectivity index (χ0v) is 6.79. The fourth-order valence-corrected chi connectivity index (χ4v) is 0.854. The average Bonchev–Trinajstić information content (AvgIpc) is 1.99. The molecule has 0 saturated heterocycles. The molecule has 66 valence electrons. The number of aryl methyl sites for hydroxylation is 1. The van der Waals surface area contributed by atoms with E-state index in [-0.39, 0.29) is 12.3 Å². The predicted molar refractivity (Wildman–Crippen MR) is 45.2 cm³/mol. The quantitative estimate of drug-likeness (QED) is 0.569. The summed E-state index contributed by atoms with van der Waals surface area (Å²) in [5, 5.41) is 11.3. The topological polar surface area (TPSA) is 78.0 Å². The number of anilines is 1. The summed E-state index contributed by atoms with van der Waals surface area (Å²) in [5.74, 6) is 0.491. The molecule has 5 nitrogen and oxygen atoms in total. The summed E-state index contributed by atoms with van der Waals surface area (Å²) in [7, 11) is 0. The molecule has 0 spiro atoms. The van der Waals surface area contributed by atoms with Gasteiger partial charge in [-0.2, -0.15) is 4.98 Å². The largest absolute Gasteiger partial charge is 0.395 e. The van der Waals surface area contributed by atoms with Crippen molar-refractivity contribution in [2.75, 3.05) is 18.5 Å². The normalized spacial score (nSPS) is 9.83. The average molecular weight is 169 g/mol. The summed E-state index contributed by atoms with van der Waals surface area (Å²) in [6.45, 7) is 2.19. The molecule has 1 heterocycles. The Balaban J connectivity index is 2.79. The Labute approximate surface area is 69.5 Å². The minimum absolute atomic E-state index is 0.0214. The number of H-pyrrole nitrogens is 1. The Hall–Kier alpha value is -1.36. The first-order valence-electron chi connectivity index (χ1n) is 3.65. The Morgan fingerprint density at radius 2 is 2.50 bits per heavy atom. The Kier molecular flexibility index (Phi) is 2.82. The van der Waals surface area contributed by atoms with Crippen LogP contribution in [0.2, 0.25) is 0 Å². The van der Waals surface area contributed by atoms with Gasteiger partial charge in [0.25, 0.3) is 0 Å². The van der Waals surface area contributed by atoms with Crippen molar-refractivity contribution in [2.45, 2.75) is 6.92 Å². The molecule has 0 amide bonds. The van der Waals surface area contributed by atoms with Crippen molar-refractivity contribution < 1.29 is 5.11 Å². The van der Waals surface area contributed by atoms with Crippen LogP contribution in [0.5, 0.6) is 0 Å². The summed E-state index contributed by atoms with van der Waals surface area (Å²) in [6, 6.07) is 1.71. The summed E-state index contributed by atoms with van der Waals surface area (Å²) in [4.78, 5) is 17.0. The number of hydrogen-bond acceptors (Lipinski definition) is 4. The van der Waals surface area contributed by atoms with Crippen LogP contribution >= 0.6 is 0 Å². The van der Waals surface area contributed by atoms with E-state index in [0.29, 0.717) is 12.4 Å². The monoisotopic (exact) mass is 169 g/mol. The van der Waals surface area contributed by atoms with Gasteiger partial charge < -0.3 is 15.4 Å². The third-order valence-electron chi connectivity index (χ3n) is 1.30. The molecule has 0 unspecified atom stereocenters. The van der Waals surface area contributed by atoms with Gasteiger partial charge in [-0.1, -0.05) is 0 Å². The molecule has 0 radical (unpaired) electrons. The number of nitrogens with zero attached hydrogens (tertiary/aromatic N) is 1. The summed E-state index contributed by atoms with van der Waals surface area (Å²) in [6.07, 6.45) is 0. The molecule has 12 heavy (non-hydrogen) atoms. The highest BCUT2D eigenvalue weighted by Crippen LogP contribution is 1.98. The molecule has 0 aliphatic heterocycles. The Bertz CT molecular complexity index is 308. The molecule has 0 aromatic carbocycles. The zero-order valence-electron chi connectivity index (χ0n) is 6.79. The summed E-state index contributed by atoms with van der Waals surface area (Å²) in [5.41, 5.74) is 0.367. The van der Waals surface area contributed by atoms with Gasteiger partial charge in [0.1, 0.15) is 5.82 Å². The molecule has 0 bridgehead atoms. The van der Waals surface area contributed by atoms with Gasteiger partial charge >= 0.3 is 5.69 Å². The van der Waals surface area contributed by atoms with E-state index in [2.05, 4.69) is 15.3 Å². The first kappa shape index (κ1) is 8.73. The number of aliphatic hydroxyl groups is 1. The maximum Gasteiger partial charge on any atom is 0.347 e. The lowest BCUT2D eigenvalue weighted by atomic mass is 10.4. The van der Waals surface area contributed by atoms with Crippen LogP contribution in [0.25, 0.3) is 0 Å². The van der Waals surface area contributed by atoms with Gasteiger partial charge in [0.15, 0.2) is 0 Å². The van der Waals surface area contributed by atoms with E-state index in [0.717, 1.165) is 5.69 Å².